The van der Waals surface area contributed by atoms with E-state index in [-0.39, 0.29) is 18.2 Å². The molecule has 1 unspecified atom stereocenters. The number of carboxylic acids is 1. The van der Waals surface area contributed by atoms with E-state index in [2.05, 4.69) is 10.3 Å². The van der Waals surface area contributed by atoms with Crippen LogP contribution in [0.4, 0.5) is 0 Å². The van der Waals surface area contributed by atoms with Gasteiger partial charge in [0.05, 0.1) is 0 Å². The number of nitrogens with zero attached hydrogens (tertiary/aromatic N) is 2. The van der Waals surface area contributed by atoms with Gasteiger partial charge in [-0.15, -0.1) is 0 Å². The van der Waals surface area contributed by atoms with Crippen molar-refractivity contribution in [2.45, 2.75) is 20.3 Å². The summed E-state index contributed by atoms with van der Waals surface area (Å²) < 4.78 is 1.78. The fourth-order valence-corrected chi connectivity index (χ4v) is 1.92. The summed E-state index contributed by atoms with van der Waals surface area (Å²) in [6.07, 6.45) is 3.54. The van der Waals surface area contributed by atoms with Gasteiger partial charge in [0.25, 0.3) is 5.91 Å². The summed E-state index contributed by atoms with van der Waals surface area (Å²) in [6.45, 7) is 4.06. The number of pyridine rings is 1. The van der Waals surface area contributed by atoms with Gasteiger partial charge in [0.15, 0.2) is 0 Å². The van der Waals surface area contributed by atoms with E-state index in [0.717, 1.165) is 5.56 Å². The van der Waals surface area contributed by atoms with Gasteiger partial charge >= 0.3 is 5.97 Å². The third-order valence-corrected chi connectivity index (χ3v) is 2.98. The smallest absolute Gasteiger partial charge is 0.303 e. The molecule has 6 nitrogen and oxygen atoms in total. The topological polar surface area (TPSA) is 83.7 Å². The molecule has 2 aromatic heterocycles. The lowest BCUT2D eigenvalue weighted by Gasteiger charge is -2.08. The largest absolute Gasteiger partial charge is 0.481 e. The molecule has 6 heteroatoms. The van der Waals surface area contributed by atoms with Gasteiger partial charge < -0.3 is 14.8 Å². The molecule has 0 aliphatic rings. The van der Waals surface area contributed by atoms with E-state index in [1.165, 1.54) is 0 Å². The second-order valence-electron chi connectivity index (χ2n) is 5.01. The molecule has 0 bridgehead atoms. The molecule has 2 rings (SSSR count). The maximum Gasteiger partial charge on any atom is 0.303 e. The molecule has 20 heavy (non-hydrogen) atoms. The minimum Gasteiger partial charge on any atom is -0.481 e. The number of imidazole rings is 1. The Balaban J connectivity index is 2.02. The molecule has 106 valence electrons. The molecule has 0 aromatic carbocycles. The van der Waals surface area contributed by atoms with Crippen LogP contribution in [-0.2, 0) is 4.79 Å². The molecule has 0 fully saturated rings. The minimum atomic E-state index is -0.866. The Morgan fingerprint density at radius 2 is 2.25 bits per heavy atom. The first-order valence-corrected chi connectivity index (χ1v) is 6.41. The highest BCUT2D eigenvalue weighted by atomic mass is 16.4. The third kappa shape index (κ3) is 3.34. The average Bonchev–Trinajstić information content (AvgIpc) is 2.78. The minimum absolute atomic E-state index is 0.0324. The number of aryl methyl sites for hydroxylation is 1. The molecule has 0 spiro atoms. The van der Waals surface area contributed by atoms with Crippen LogP contribution in [0.15, 0.2) is 24.5 Å². The van der Waals surface area contributed by atoms with Crippen molar-refractivity contribution in [1.29, 1.82) is 0 Å². The number of carbonyl (C=O) groups excluding carboxylic acids is 1. The Hall–Kier alpha value is -2.37. The molecular formula is C14H17N3O3. The summed E-state index contributed by atoms with van der Waals surface area (Å²) >= 11 is 0. The van der Waals surface area contributed by atoms with Gasteiger partial charge in [-0.25, -0.2) is 4.98 Å². The number of hydrogen-bond acceptors (Lipinski definition) is 3. The predicted molar refractivity (Wildman–Crippen MR) is 73.7 cm³/mol. The van der Waals surface area contributed by atoms with Crippen molar-refractivity contribution >= 4 is 17.5 Å². The molecule has 0 aliphatic heterocycles. The average molecular weight is 275 g/mol. The number of aromatic nitrogens is 2. The Bertz CT molecular complexity index is 648. The highest BCUT2D eigenvalue weighted by molar-refractivity contribution is 5.92. The van der Waals surface area contributed by atoms with Gasteiger partial charge in [-0.3, -0.25) is 9.59 Å². The van der Waals surface area contributed by atoms with Crippen LogP contribution in [0.5, 0.6) is 0 Å². The first-order chi connectivity index (χ1) is 9.45. The second-order valence-corrected chi connectivity index (χ2v) is 5.01. The Morgan fingerprint density at radius 3 is 2.95 bits per heavy atom. The molecule has 0 saturated carbocycles. The van der Waals surface area contributed by atoms with Gasteiger partial charge in [-0.05, 0) is 30.5 Å². The summed E-state index contributed by atoms with van der Waals surface area (Å²) in [7, 11) is 0. The maximum absolute atomic E-state index is 12.0. The van der Waals surface area contributed by atoms with Gasteiger partial charge in [-0.2, -0.15) is 0 Å². The molecule has 2 aromatic rings. The van der Waals surface area contributed by atoms with E-state index in [1.807, 2.05) is 25.3 Å². The molecular weight excluding hydrogens is 258 g/mol. The molecule has 1 atom stereocenters. The van der Waals surface area contributed by atoms with Crippen LogP contribution >= 0.6 is 0 Å². The van der Waals surface area contributed by atoms with Crippen LogP contribution < -0.4 is 5.32 Å². The number of nitrogens with one attached hydrogen (secondary N) is 1. The highest BCUT2D eigenvalue weighted by Gasteiger charge is 2.13. The van der Waals surface area contributed by atoms with Crippen LogP contribution in [-0.4, -0.2) is 32.9 Å². The van der Waals surface area contributed by atoms with Crippen LogP contribution in [0.25, 0.3) is 5.65 Å². The van der Waals surface area contributed by atoms with Crippen molar-refractivity contribution in [3.63, 3.8) is 0 Å². The fraction of sp³-hybridized carbons (Fsp3) is 0.357. The van der Waals surface area contributed by atoms with Crippen LogP contribution in [0.3, 0.4) is 0 Å². The summed E-state index contributed by atoms with van der Waals surface area (Å²) in [4.78, 5) is 26.7. The Kier molecular flexibility index (Phi) is 4.02. The van der Waals surface area contributed by atoms with Crippen molar-refractivity contribution in [3.05, 3.63) is 35.8 Å². The SMILES string of the molecule is Cc1ccn2cc(C(=O)NCC(C)CC(=O)O)nc2c1. The standard InChI is InChI=1S/C14H17N3O3/c1-9-3-4-17-8-11(16-12(17)5-9)14(20)15-7-10(2)6-13(18)19/h3-5,8,10H,6-7H2,1-2H3,(H,15,20)(H,18,19). The Morgan fingerprint density at radius 1 is 1.50 bits per heavy atom. The number of hydrogen-bond donors (Lipinski definition) is 2. The number of fused-ring (bicyclic) bond motifs is 1. The normalized spacial score (nSPS) is 12.3. The first kappa shape index (κ1) is 14.0. The van der Waals surface area contributed by atoms with Gasteiger partial charge in [0, 0.05) is 25.4 Å². The van der Waals surface area contributed by atoms with E-state index in [9.17, 15) is 9.59 Å². The van der Waals surface area contributed by atoms with Crippen molar-refractivity contribution in [1.82, 2.24) is 14.7 Å². The van der Waals surface area contributed by atoms with E-state index < -0.39 is 5.97 Å². The lowest BCUT2D eigenvalue weighted by molar-refractivity contribution is -0.137. The number of aliphatic carboxylic acids is 1. The Labute approximate surface area is 116 Å². The molecule has 2 N–H and O–H groups in total. The number of amides is 1. The molecule has 0 saturated heterocycles. The molecule has 2 heterocycles. The van der Waals surface area contributed by atoms with Gasteiger partial charge in [-0.1, -0.05) is 6.92 Å². The van der Waals surface area contributed by atoms with Gasteiger partial charge in [0.2, 0.25) is 0 Å². The van der Waals surface area contributed by atoms with Crippen LogP contribution in [0.2, 0.25) is 0 Å². The summed E-state index contributed by atoms with van der Waals surface area (Å²) in [5.74, 6) is -1.27. The van der Waals surface area contributed by atoms with E-state index in [0.29, 0.717) is 17.9 Å². The van der Waals surface area contributed by atoms with Gasteiger partial charge in [0.1, 0.15) is 11.3 Å². The summed E-state index contributed by atoms with van der Waals surface area (Å²) in [5.41, 5.74) is 2.12. The maximum atomic E-state index is 12.0. The fourth-order valence-electron chi connectivity index (χ4n) is 1.92. The van der Waals surface area contributed by atoms with Crippen LogP contribution in [0.1, 0.15) is 29.4 Å². The van der Waals surface area contributed by atoms with Crippen LogP contribution in [0, 0.1) is 12.8 Å². The van der Waals surface area contributed by atoms with Crippen molar-refractivity contribution in [3.8, 4) is 0 Å². The van der Waals surface area contributed by atoms with E-state index >= 15 is 0 Å². The zero-order valence-electron chi connectivity index (χ0n) is 11.5. The summed E-state index contributed by atoms with van der Waals surface area (Å²) in [6, 6.07) is 3.83. The quantitative estimate of drug-likeness (QED) is 0.865. The second kappa shape index (κ2) is 5.73. The highest BCUT2D eigenvalue weighted by Crippen LogP contribution is 2.08. The van der Waals surface area contributed by atoms with Crippen molar-refractivity contribution < 1.29 is 14.7 Å². The lowest BCUT2D eigenvalue weighted by atomic mass is 10.1. The monoisotopic (exact) mass is 275 g/mol. The first-order valence-electron chi connectivity index (χ1n) is 6.41. The molecule has 0 aliphatic carbocycles. The third-order valence-electron chi connectivity index (χ3n) is 2.98. The van der Waals surface area contributed by atoms with Crippen molar-refractivity contribution in [2.24, 2.45) is 5.92 Å². The number of rotatable bonds is 5. The van der Waals surface area contributed by atoms with E-state index in [4.69, 9.17) is 5.11 Å². The predicted octanol–water partition coefficient (Wildman–Crippen LogP) is 1.48. The lowest BCUT2D eigenvalue weighted by Crippen LogP contribution is -2.29. The molecule has 1 amide bonds. The summed E-state index contributed by atoms with van der Waals surface area (Å²) in [5, 5.41) is 11.4. The number of carboxylic acid groups (broad SMARTS) is 1. The number of carbonyl (C=O) groups is 2. The van der Waals surface area contributed by atoms with Crippen molar-refractivity contribution in [2.75, 3.05) is 6.54 Å². The zero-order valence-corrected chi connectivity index (χ0v) is 11.5. The van der Waals surface area contributed by atoms with E-state index in [1.54, 1.807) is 17.5 Å². The molecule has 0 radical (unpaired) electrons. The zero-order chi connectivity index (χ0) is 14.7.